The molecular formula is C23H24N2O4S. The number of rotatable bonds is 7. The molecule has 30 heavy (non-hydrogen) atoms. The maximum Gasteiger partial charge on any atom is 0.294 e. The van der Waals surface area contributed by atoms with Crippen molar-refractivity contribution in [2.75, 3.05) is 18.5 Å². The normalized spacial score (nSPS) is 15.2. The summed E-state index contributed by atoms with van der Waals surface area (Å²) in [6.07, 6.45) is 1.65. The summed E-state index contributed by atoms with van der Waals surface area (Å²) in [4.78, 5) is 38.5. The number of thioether (sulfide) groups is 1. The van der Waals surface area contributed by atoms with Crippen molar-refractivity contribution in [1.82, 2.24) is 4.90 Å². The smallest absolute Gasteiger partial charge is 0.294 e. The van der Waals surface area contributed by atoms with Gasteiger partial charge < -0.3 is 10.1 Å². The van der Waals surface area contributed by atoms with Crippen LogP contribution in [0.2, 0.25) is 0 Å². The Balaban J connectivity index is 1.64. The van der Waals surface area contributed by atoms with E-state index in [1.54, 1.807) is 12.1 Å². The third-order valence-electron chi connectivity index (χ3n) is 4.36. The van der Waals surface area contributed by atoms with Crippen LogP contribution in [0.1, 0.15) is 25.0 Å². The van der Waals surface area contributed by atoms with Crippen molar-refractivity contribution >= 4 is 40.6 Å². The number of amides is 3. The van der Waals surface area contributed by atoms with Gasteiger partial charge >= 0.3 is 0 Å². The van der Waals surface area contributed by atoms with E-state index in [0.717, 1.165) is 33.5 Å². The average Bonchev–Trinajstić information content (AvgIpc) is 2.96. The molecule has 0 aromatic heterocycles. The number of imide groups is 1. The predicted molar refractivity (Wildman–Crippen MR) is 119 cm³/mol. The number of nitrogens with one attached hydrogen (secondary N) is 1. The molecule has 1 fully saturated rings. The van der Waals surface area contributed by atoms with Gasteiger partial charge in [-0.2, -0.15) is 0 Å². The molecular weight excluding hydrogens is 400 g/mol. The second-order valence-corrected chi connectivity index (χ2v) is 8.40. The number of hydrogen-bond acceptors (Lipinski definition) is 5. The van der Waals surface area contributed by atoms with Gasteiger partial charge in [-0.05, 0) is 60.0 Å². The van der Waals surface area contributed by atoms with Gasteiger partial charge in [0, 0.05) is 5.69 Å². The number of ether oxygens (including phenoxy) is 1. The molecule has 0 radical (unpaired) electrons. The minimum absolute atomic E-state index is 0.291. The van der Waals surface area contributed by atoms with Crippen LogP contribution in [-0.4, -0.2) is 35.1 Å². The number of carbonyl (C=O) groups excluding carboxylic acids is 3. The van der Waals surface area contributed by atoms with Gasteiger partial charge in [-0.15, -0.1) is 0 Å². The molecule has 1 saturated heterocycles. The molecule has 2 aromatic rings. The van der Waals surface area contributed by atoms with Gasteiger partial charge in [0.25, 0.3) is 11.1 Å². The number of carbonyl (C=O) groups is 3. The van der Waals surface area contributed by atoms with Crippen LogP contribution in [0.25, 0.3) is 6.08 Å². The molecule has 0 unspecified atom stereocenters. The molecule has 7 heteroatoms. The summed E-state index contributed by atoms with van der Waals surface area (Å²) in [5.41, 5.74) is 2.34. The minimum Gasteiger partial charge on any atom is -0.493 e. The van der Waals surface area contributed by atoms with Gasteiger partial charge in [0.1, 0.15) is 12.3 Å². The fourth-order valence-electron chi connectivity index (χ4n) is 2.76. The fraction of sp³-hybridized carbons (Fsp3) is 0.261. The number of aryl methyl sites for hydroxylation is 1. The highest BCUT2D eigenvalue weighted by Crippen LogP contribution is 2.32. The molecule has 6 nitrogen and oxygen atoms in total. The Morgan fingerprint density at radius 2 is 1.83 bits per heavy atom. The summed E-state index contributed by atoms with van der Waals surface area (Å²) in [6.45, 7) is 6.33. The first kappa shape index (κ1) is 21.6. The van der Waals surface area contributed by atoms with Gasteiger partial charge in [-0.1, -0.05) is 44.2 Å². The molecule has 1 heterocycles. The van der Waals surface area contributed by atoms with Gasteiger partial charge in [0.05, 0.1) is 11.5 Å². The lowest BCUT2D eigenvalue weighted by Crippen LogP contribution is -2.36. The van der Waals surface area contributed by atoms with E-state index in [0.29, 0.717) is 23.1 Å². The summed E-state index contributed by atoms with van der Waals surface area (Å²) < 4.78 is 5.65. The van der Waals surface area contributed by atoms with Crippen molar-refractivity contribution in [1.29, 1.82) is 0 Å². The molecule has 3 amide bonds. The zero-order valence-electron chi connectivity index (χ0n) is 17.2. The molecule has 0 atom stereocenters. The Hall–Kier alpha value is -3.06. The van der Waals surface area contributed by atoms with Crippen molar-refractivity contribution in [3.63, 3.8) is 0 Å². The van der Waals surface area contributed by atoms with Gasteiger partial charge in [0.15, 0.2) is 0 Å². The van der Waals surface area contributed by atoms with Crippen molar-refractivity contribution < 1.29 is 19.1 Å². The van der Waals surface area contributed by atoms with Crippen LogP contribution in [0, 0.1) is 12.8 Å². The van der Waals surface area contributed by atoms with Gasteiger partial charge in [-0.25, -0.2) is 0 Å². The SMILES string of the molecule is Cc1ccccc1NC(=O)CN1C(=O)S/C(=C/c2ccc(OCC(C)C)cc2)C1=O. The maximum absolute atomic E-state index is 12.6. The summed E-state index contributed by atoms with van der Waals surface area (Å²) in [5.74, 6) is 0.297. The summed E-state index contributed by atoms with van der Waals surface area (Å²) >= 11 is 0.834. The molecule has 0 aliphatic carbocycles. The summed E-state index contributed by atoms with van der Waals surface area (Å²) in [6, 6.07) is 14.6. The van der Waals surface area contributed by atoms with Crippen molar-refractivity contribution in [2.45, 2.75) is 20.8 Å². The van der Waals surface area contributed by atoms with Crippen LogP contribution in [-0.2, 0) is 9.59 Å². The van der Waals surface area contributed by atoms with E-state index in [4.69, 9.17) is 4.74 Å². The molecule has 1 aliphatic rings. The average molecular weight is 425 g/mol. The maximum atomic E-state index is 12.6. The minimum atomic E-state index is -0.468. The first-order valence-corrected chi connectivity index (χ1v) is 10.5. The lowest BCUT2D eigenvalue weighted by atomic mass is 10.2. The van der Waals surface area contributed by atoms with Crippen molar-refractivity contribution in [3.05, 3.63) is 64.6 Å². The van der Waals surface area contributed by atoms with Gasteiger partial charge in [-0.3, -0.25) is 19.3 Å². The van der Waals surface area contributed by atoms with E-state index in [9.17, 15) is 14.4 Å². The topological polar surface area (TPSA) is 75.7 Å². The Bertz CT molecular complexity index is 983. The van der Waals surface area contributed by atoms with Crippen molar-refractivity contribution in [2.24, 2.45) is 5.92 Å². The van der Waals surface area contributed by atoms with E-state index in [1.807, 2.05) is 49.4 Å². The highest BCUT2D eigenvalue weighted by Gasteiger charge is 2.36. The van der Waals surface area contributed by atoms with E-state index < -0.39 is 17.1 Å². The van der Waals surface area contributed by atoms with Crippen LogP contribution in [0.15, 0.2) is 53.4 Å². The van der Waals surface area contributed by atoms with Crippen LogP contribution in [0.4, 0.5) is 10.5 Å². The standard InChI is InChI=1S/C23H24N2O4S/c1-15(2)14-29-18-10-8-17(9-11-18)12-20-22(27)25(23(28)30-20)13-21(26)24-19-7-5-4-6-16(19)3/h4-12,15H,13-14H2,1-3H3,(H,24,26)/b20-12+. The highest BCUT2D eigenvalue weighted by molar-refractivity contribution is 8.18. The van der Waals surface area contributed by atoms with Crippen LogP contribution in [0.3, 0.4) is 0 Å². The summed E-state index contributed by atoms with van der Waals surface area (Å²) in [7, 11) is 0. The zero-order chi connectivity index (χ0) is 21.7. The summed E-state index contributed by atoms with van der Waals surface area (Å²) in [5, 5.41) is 2.29. The molecule has 0 saturated carbocycles. The number of benzene rings is 2. The molecule has 156 valence electrons. The first-order chi connectivity index (χ1) is 14.3. The van der Waals surface area contributed by atoms with Crippen LogP contribution >= 0.6 is 11.8 Å². The quantitative estimate of drug-likeness (QED) is 0.652. The molecule has 0 spiro atoms. The Labute approximate surface area is 180 Å². The third kappa shape index (κ3) is 5.51. The van der Waals surface area contributed by atoms with Crippen LogP contribution in [0.5, 0.6) is 5.75 Å². The van der Waals surface area contributed by atoms with E-state index >= 15 is 0 Å². The highest BCUT2D eigenvalue weighted by atomic mass is 32.2. The zero-order valence-corrected chi connectivity index (χ0v) is 18.0. The number of nitrogens with zero attached hydrogens (tertiary/aromatic N) is 1. The lowest BCUT2D eigenvalue weighted by molar-refractivity contribution is -0.127. The first-order valence-electron chi connectivity index (χ1n) is 9.67. The van der Waals surface area contributed by atoms with E-state index in [-0.39, 0.29) is 6.54 Å². The second kappa shape index (κ2) is 9.63. The third-order valence-corrected chi connectivity index (χ3v) is 5.26. The Morgan fingerprint density at radius 3 is 2.50 bits per heavy atom. The van der Waals surface area contributed by atoms with Crippen molar-refractivity contribution in [3.8, 4) is 5.75 Å². The molecule has 1 N–H and O–H groups in total. The van der Waals surface area contributed by atoms with Gasteiger partial charge in [0.2, 0.25) is 5.91 Å². The Morgan fingerprint density at radius 1 is 1.13 bits per heavy atom. The lowest BCUT2D eigenvalue weighted by Gasteiger charge is -2.13. The predicted octanol–water partition coefficient (Wildman–Crippen LogP) is 4.70. The number of para-hydroxylation sites is 1. The molecule has 1 aliphatic heterocycles. The fourth-order valence-corrected chi connectivity index (χ4v) is 3.60. The van der Waals surface area contributed by atoms with E-state index in [1.165, 1.54) is 0 Å². The number of hydrogen-bond donors (Lipinski definition) is 1. The number of anilines is 1. The molecule has 2 aromatic carbocycles. The van der Waals surface area contributed by atoms with E-state index in [2.05, 4.69) is 19.2 Å². The van der Waals surface area contributed by atoms with Crippen LogP contribution < -0.4 is 10.1 Å². The largest absolute Gasteiger partial charge is 0.493 e. The monoisotopic (exact) mass is 424 g/mol. The second-order valence-electron chi connectivity index (χ2n) is 7.40. The Kier molecular flexibility index (Phi) is 6.95. The molecule has 0 bridgehead atoms. The molecule has 3 rings (SSSR count).